The topological polar surface area (TPSA) is 166 Å². The Labute approximate surface area is 281 Å². The van der Waals surface area contributed by atoms with Crippen LogP contribution in [0.5, 0.6) is 5.75 Å². The van der Waals surface area contributed by atoms with Crippen LogP contribution in [0.25, 0.3) is 0 Å². The first-order valence-electron chi connectivity index (χ1n) is 16.9. The molecule has 0 spiro atoms. The minimum absolute atomic E-state index is 0.0639. The molecule has 0 aromatic heterocycles. The zero-order valence-corrected chi connectivity index (χ0v) is 29.5. The number of hydrogen-bond donors (Lipinski definition) is 3. The second-order valence-electron chi connectivity index (χ2n) is 12.0. The number of carbonyl (C=O) groups is 3. The van der Waals surface area contributed by atoms with Crippen molar-refractivity contribution in [1.82, 2.24) is 5.32 Å². The number of allylic oxidation sites excluding steroid dienone is 1. The molecule has 0 saturated heterocycles. The van der Waals surface area contributed by atoms with Crippen LogP contribution in [0.3, 0.4) is 0 Å². The van der Waals surface area contributed by atoms with Crippen LogP contribution in [0.4, 0.5) is 0 Å². The smallest absolute Gasteiger partial charge is 0.339 e. The summed E-state index contributed by atoms with van der Waals surface area (Å²) in [4.78, 5) is 38.3. The lowest BCUT2D eigenvalue weighted by molar-refractivity contribution is -0.173. The number of aliphatic carboxylic acids is 1. The van der Waals surface area contributed by atoms with Crippen LogP contribution in [0, 0.1) is 5.92 Å². The summed E-state index contributed by atoms with van der Waals surface area (Å²) < 4.78 is 40.1. The highest BCUT2D eigenvalue weighted by atomic mass is 32.2. The maximum absolute atomic E-state index is 13.5. The molecule has 0 fully saturated rings. The summed E-state index contributed by atoms with van der Waals surface area (Å²) in [6.45, 7) is 4.11. The number of methoxy groups -OCH3 is 2. The molecule has 1 rings (SSSR count). The van der Waals surface area contributed by atoms with E-state index in [-0.39, 0.29) is 17.9 Å². The summed E-state index contributed by atoms with van der Waals surface area (Å²) >= 11 is 0. The summed E-state index contributed by atoms with van der Waals surface area (Å²) in [6.07, 6.45) is 13.1. The molecular formula is C35H57NO10S. The van der Waals surface area contributed by atoms with E-state index >= 15 is 0 Å². The highest BCUT2D eigenvalue weighted by Gasteiger charge is 2.47. The van der Waals surface area contributed by atoms with Crippen molar-refractivity contribution in [3.05, 3.63) is 42.0 Å². The van der Waals surface area contributed by atoms with Crippen LogP contribution in [0.2, 0.25) is 0 Å². The number of unbranched alkanes of at least 4 members (excludes halogenated alkanes) is 9. The fourth-order valence-corrected chi connectivity index (χ4v) is 6.55. The number of carboxylic acids is 1. The summed E-state index contributed by atoms with van der Waals surface area (Å²) in [5.41, 5.74) is -1.89. The number of benzene rings is 1. The zero-order valence-electron chi connectivity index (χ0n) is 28.7. The van der Waals surface area contributed by atoms with Crippen molar-refractivity contribution in [2.24, 2.45) is 5.92 Å². The molecule has 1 aromatic rings. The van der Waals surface area contributed by atoms with Gasteiger partial charge in [-0.15, -0.1) is 0 Å². The Kier molecular flexibility index (Phi) is 20.9. The van der Waals surface area contributed by atoms with Crippen molar-refractivity contribution in [2.75, 3.05) is 38.9 Å². The molecule has 3 N–H and O–H groups in total. The van der Waals surface area contributed by atoms with Gasteiger partial charge in [0, 0.05) is 13.5 Å². The number of hydrogen-bond acceptors (Lipinski definition) is 9. The predicted octanol–water partition coefficient (Wildman–Crippen LogP) is 5.04. The minimum Gasteiger partial charge on any atom is -0.494 e. The third-order valence-corrected chi connectivity index (χ3v) is 9.75. The number of aliphatic hydroxyl groups is 1. The normalized spacial score (nSPS) is 14.3. The summed E-state index contributed by atoms with van der Waals surface area (Å²) in [7, 11) is -0.653. The molecule has 1 aromatic carbocycles. The molecule has 3 atom stereocenters. The zero-order chi connectivity index (χ0) is 35.1. The van der Waals surface area contributed by atoms with Gasteiger partial charge in [-0.1, -0.05) is 83.1 Å². The summed E-state index contributed by atoms with van der Waals surface area (Å²) in [5, 5.41) is 23.5. The van der Waals surface area contributed by atoms with Gasteiger partial charge in [-0.3, -0.25) is 4.79 Å². The van der Waals surface area contributed by atoms with Gasteiger partial charge in [-0.2, -0.15) is 0 Å². The highest BCUT2D eigenvalue weighted by Crippen LogP contribution is 2.23. The Morgan fingerprint density at radius 2 is 1.49 bits per heavy atom. The van der Waals surface area contributed by atoms with Gasteiger partial charge in [-0.05, 0) is 49.8 Å². The van der Waals surface area contributed by atoms with Crippen molar-refractivity contribution >= 4 is 27.7 Å². The molecule has 11 nitrogen and oxygen atoms in total. The number of carbonyl (C=O) groups excluding carboxylic acids is 2. The Balaban J connectivity index is 2.84. The van der Waals surface area contributed by atoms with Crippen molar-refractivity contribution in [2.45, 2.75) is 109 Å². The van der Waals surface area contributed by atoms with Crippen LogP contribution < -0.4 is 10.1 Å². The van der Waals surface area contributed by atoms with E-state index in [0.717, 1.165) is 51.4 Å². The van der Waals surface area contributed by atoms with E-state index in [1.165, 1.54) is 20.3 Å². The molecule has 47 heavy (non-hydrogen) atoms. The lowest BCUT2D eigenvalue weighted by Crippen LogP contribution is -2.56. The molecular weight excluding hydrogens is 626 g/mol. The number of nitrogens with one attached hydrogen (secondary N) is 1. The molecule has 0 aliphatic heterocycles. The van der Waals surface area contributed by atoms with Gasteiger partial charge in [-0.25, -0.2) is 18.0 Å². The first-order valence-corrected chi connectivity index (χ1v) is 18.7. The van der Waals surface area contributed by atoms with Gasteiger partial charge in [0.2, 0.25) is 5.91 Å². The van der Waals surface area contributed by atoms with Gasteiger partial charge in [0.15, 0.2) is 5.60 Å². The maximum Gasteiger partial charge on any atom is 0.339 e. The van der Waals surface area contributed by atoms with Gasteiger partial charge in [0.25, 0.3) is 0 Å². The fourth-order valence-electron chi connectivity index (χ4n) is 5.05. The first kappa shape index (κ1) is 42.1. The third-order valence-electron chi connectivity index (χ3n) is 7.93. The van der Waals surface area contributed by atoms with Gasteiger partial charge in [0.1, 0.15) is 21.6 Å². The Bertz CT molecular complexity index is 1190. The molecule has 1 amide bonds. The molecule has 0 aliphatic carbocycles. The molecule has 0 bridgehead atoms. The summed E-state index contributed by atoms with van der Waals surface area (Å²) in [5.74, 6) is -3.76. The van der Waals surface area contributed by atoms with Crippen LogP contribution in [-0.4, -0.2) is 87.1 Å². The van der Waals surface area contributed by atoms with Gasteiger partial charge in [0.05, 0.1) is 37.7 Å². The largest absolute Gasteiger partial charge is 0.494 e. The van der Waals surface area contributed by atoms with Crippen LogP contribution in [0.1, 0.15) is 96.5 Å². The number of ether oxygens (including phenoxy) is 3. The van der Waals surface area contributed by atoms with Crippen molar-refractivity contribution in [1.29, 1.82) is 0 Å². The van der Waals surface area contributed by atoms with E-state index in [1.54, 1.807) is 30.3 Å². The highest BCUT2D eigenvalue weighted by molar-refractivity contribution is 7.91. The van der Waals surface area contributed by atoms with E-state index in [4.69, 9.17) is 14.2 Å². The molecule has 0 saturated carbocycles. The van der Waals surface area contributed by atoms with Crippen molar-refractivity contribution in [3.8, 4) is 5.75 Å². The number of carboxylic acid groups (broad SMARTS) is 1. The van der Waals surface area contributed by atoms with E-state index < -0.39 is 51.9 Å². The van der Waals surface area contributed by atoms with Gasteiger partial charge < -0.3 is 29.7 Å². The number of sulfone groups is 1. The Hall–Kier alpha value is -2.96. The molecule has 0 heterocycles. The van der Waals surface area contributed by atoms with Crippen molar-refractivity contribution in [3.63, 3.8) is 0 Å². The van der Waals surface area contributed by atoms with E-state index in [0.29, 0.717) is 43.6 Å². The number of esters is 1. The minimum atomic E-state index is -3.05. The predicted molar refractivity (Wildman–Crippen MR) is 182 cm³/mol. The average Bonchev–Trinajstić information content (AvgIpc) is 3.04. The number of amides is 1. The second kappa shape index (κ2) is 23.4. The standard InChI is InChI=1S/C35H57NO10S/c1-5-7-9-13-16-24-47(42,43)25-17-14-11-10-12-15-18-30(35(41,27-44-3)34(39)40)32(37)36-31(33(38)45-4)26-28-19-21-29(22-20-28)46-23-8-6-2/h15,18-22,30-31,41H,5-14,16-17,23-27H2,1-4H3,(H,36,37)(H,39,40)/b18-15+/t30-,31+,35+/m1/s1. The lowest BCUT2D eigenvalue weighted by Gasteiger charge is -2.30. The summed E-state index contributed by atoms with van der Waals surface area (Å²) in [6, 6.07) is 5.92. The monoisotopic (exact) mass is 683 g/mol. The Morgan fingerprint density at radius 1 is 0.894 bits per heavy atom. The van der Waals surface area contributed by atoms with Crippen LogP contribution >= 0.6 is 0 Å². The van der Waals surface area contributed by atoms with Crippen LogP contribution in [-0.2, 0) is 40.1 Å². The average molecular weight is 684 g/mol. The quantitative estimate of drug-likeness (QED) is 0.0650. The van der Waals surface area contributed by atoms with E-state index in [9.17, 15) is 33.0 Å². The SMILES string of the molecule is CCCCCCCS(=O)(=O)CCCCCC/C=C/[C@H](C(=O)N[C@@H](Cc1ccc(OCCCC)cc1)C(=O)OC)[C@@](O)(COC)C(=O)O. The second-order valence-corrected chi connectivity index (χ2v) is 14.3. The van der Waals surface area contributed by atoms with E-state index in [1.807, 2.05) is 0 Å². The van der Waals surface area contributed by atoms with E-state index in [2.05, 4.69) is 19.2 Å². The molecule has 0 unspecified atom stereocenters. The van der Waals surface area contributed by atoms with Gasteiger partial charge >= 0.3 is 11.9 Å². The fraction of sp³-hybridized carbons (Fsp3) is 0.686. The third kappa shape index (κ3) is 16.6. The molecule has 268 valence electrons. The molecule has 12 heteroatoms. The first-order chi connectivity index (χ1) is 22.4. The molecule has 0 radical (unpaired) electrons. The van der Waals surface area contributed by atoms with Crippen LogP contribution in [0.15, 0.2) is 36.4 Å². The maximum atomic E-state index is 13.5. The number of rotatable bonds is 27. The van der Waals surface area contributed by atoms with Crippen molar-refractivity contribution < 1.29 is 47.2 Å². The lowest BCUT2D eigenvalue weighted by atomic mass is 9.86. The Morgan fingerprint density at radius 3 is 2.04 bits per heavy atom. The molecule has 0 aliphatic rings.